The molecule has 3 heterocycles. The zero-order valence-corrected chi connectivity index (χ0v) is 16.7. The first-order valence-corrected chi connectivity index (χ1v) is 9.11. The molecule has 1 aliphatic rings. The van der Waals surface area contributed by atoms with E-state index in [1.165, 1.54) is 0 Å². The maximum Gasteiger partial charge on any atom is 0.226 e. The normalized spacial score (nSPS) is 15.3. The second-order valence-corrected chi connectivity index (χ2v) is 8.06. The van der Waals surface area contributed by atoms with Crippen LogP contribution in [0.25, 0.3) is 0 Å². The first kappa shape index (κ1) is 18.4. The number of nitrogens with zero attached hydrogens (tertiary/aromatic N) is 7. The summed E-state index contributed by atoms with van der Waals surface area (Å²) in [5.74, 6) is 2.70. The average molecular weight is 355 g/mol. The zero-order chi connectivity index (χ0) is 18.9. The number of aromatic nitrogens is 4. The molecule has 7 nitrogen and oxygen atoms in total. The molecule has 0 bridgehead atoms. The minimum absolute atomic E-state index is 0.0270. The summed E-state index contributed by atoms with van der Waals surface area (Å²) in [4.78, 5) is 15.7. The summed E-state index contributed by atoms with van der Waals surface area (Å²) in [5.41, 5.74) is 2.04. The van der Waals surface area contributed by atoms with E-state index in [1.54, 1.807) is 0 Å². The van der Waals surface area contributed by atoms with Crippen molar-refractivity contribution in [2.45, 2.75) is 33.1 Å². The van der Waals surface area contributed by atoms with Crippen LogP contribution in [0.3, 0.4) is 0 Å². The van der Waals surface area contributed by atoms with Crippen molar-refractivity contribution in [2.75, 3.05) is 55.0 Å². The summed E-state index contributed by atoms with van der Waals surface area (Å²) in [7, 11) is 3.94. The lowest BCUT2D eigenvalue weighted by atomic mass is 9.92. The zero-order valence-electron chi connectivity index (χ0n) is 16.7. The van der Waals surface area contributed by atoms with Crippen molar-refractivity contribution in [1.82, 2.24) is 20.2 Å². The molecule has 26 heavy (non-hydrogen) atoms. The van der Waals surface area contributed by atoms with E-state index in [9.17, 15) is 0 Å². The van der Waals surface area contributed by atoms with Gasteiger partial charge in [0.05, 0.1) is 5.69 Å². The van der Waals surface area contributed by atoms with E-state index < -0.39 is 0 Å². The summed E-state index contributed by atoms with van der Waals surface area (Å²) >= 11 is 0. The van der Waals surface area contributed by atoms with Gasteiger partial charge in [-0.3, -0.25) is 0 Å². The van der Waals surface area contributed by atoms with Crippen LogP contribution in [-0.4, -0.2) is 60.4 Å². The first-order valence-electron chi connectivity index (χ1n) is 9.11. The highest BCUT2D eigenvalue weighted by atomic mass is 15.3. The monoisotopic (exact) mass is 355 g/mol. The number of hydrogen-bond donors (Lipinski definition) is 0. The molecule has 0 aromatic carbocycles. The van der Waals surface area contributed by atoms with Crippen LogP contribution in [0.4, 0.5) is 17.6 Å². The molecule has 140 valence electrons. The Labute approximate surface area is 156 Å². The smallest absolute Gasteiger partial charge is 0.226 e. The minimum Gasteiger partial charge on any atom is -0.353 e. The molecule has 0 spiro atoms. The van der Waals surface area contributed by atoms with Gasteiger partial charge in [-0.25, -0.2) is 4.98 Å². The highest BCUT2D eigenvalue weighted by Crippen LogP contribution is 2.23. The Balaban J connectivity index is 1.68. The molecule has 1 fully saturated rings. The second kappa shape index (κ2) is 7.05. The Kier molecular flexibility index (Phi) is 4.98. The van der Waals surface area contributed by atoms with E-state index in [0.717, 1.165) is 55.2 Å². The summed E-state index contributed by atoms with van der Waals surface area (Å²) in [6.45, 7) is 12.1. The molecule has 1 saturated heterocycles. The fraction of sp³-hybridized carbons (Fsp3) is 0.579. The second-order valence-electron chi connectivity index (χ2n) is 8.06. The summed E-state index contributed by atoms with van der Waals surface area (Å²) in [6, 6.07) is 6.23. The van der Waals surface area contributed by atoms with Gasteiger partial charge in [0.1, 0.15) is 5.82 Å². The van der Waals surface area contributed by atoms with Gasteiger partial charge in [0, 0.05) is 57.4 Å². The van der Waals surface area contributed by atoms with Gasteiger partial charge in [-0.1, -0.05) is 20.8 Å². The molecule has 0 aliphatic carbocycles. The van der Waals surface area contributed by atoms with Crippen LogP contribution in [0.15, 0.2) is 18.2 Å². The van der Waals surface area contributed by atoms with E-state index in [2.05, 4.69) is 68.9 Å². The Morgan fingerprint density at radius 2 is 1.50 bits per heavy atom. The van der Waals surface area contributed by atoms with Crippen molar-refractivity contribution >= 4 is 17.6 Å². The molecule has 2 aromatic heterocycles. The first-order chi connectivity index (χ1) is 12.2. The topological polar surface area (TPSA) is 61.3 Å². The Morgan fingerprint density at radius 3 is 2.00 bits per heavy atom. The van der Waals surface area contributed by atoms with E-state index in [0.29, 0.717) is 0 Å². The lowest BCUT2D eigenvalue weighted by molar-refractivity contribution is 0.556. The molecule has 7 heteroatoms. The molecular formula is C19H29N7. The van der Waals surface area contributed by atoms with Crippen LogP contribution in [0, 0.1) is 6.92 Å². The van der Waals surface area contributed by atoms with Crippen LogP contribution in [0.5, 0.6) is 0 Å². The molecule has 3 rings (SSSR count). The summed E-state index contributed by atoms with van der Waals surface area (Å²) in [6.07, 6.45) is 0. The molecule has 0 atom stereocenters. The Bertz CT molecular complexity index is 741. The lowest BCUT2D eigenvalue weighted by Gasteiger charge is -2.36. The van der Waals surface area contributed by atoms with E-state index in [-0.39, 0.29) is 5.41 Å². The third-order valence-electron chi connectivity index (χ3n) is 4.58. The van der Waals surface area contributed by atoms with E-state index >= 15 is 0 Å². The highest BCUT2D eigenvalue weighted by molar-refractivity contribution is 5.48. The van der Waals surface area contributed by atoms with Crippen LogP contribution in [-0.2, 0) is 5.41 Å². The van der Waals surface area contributed by atoms with Gasteiger partial charge in [-0.15, -0.1) is 5.10 Å². The van der Waals surface area contributed by atoms with Gasteiger partial charge < -0.3 is 14.7 Å². The maximum absolute atomic E-state index is 4.69. The van der Waals surface area contributed by atoms with Crippen molar-refractivity contribution in [3.8, 4) is 0 Å². The summed E-state index contributed by atoms with van der Waals surface area (Å²) < 4.78 is 0. The molecular weight excluding hydrogens is 326 g/mol. The number of hydrogen-bond acceptors (Lipinski definition) is 7. The molecule has 1 aliphatic heterocycles. The van der Waals surface area contributed by atoms with Gasteiger partial charge in [-0.2, -0.15) is 10.1 Å². The largest absolute Gasteiger partial charge is 0.353 e. The number of rotatable bonds is 3. The van der Waals surface area contributed by atoms with Gasteiger partial charge >= 0.3 is 0 Å². The van der Waals surface area contributed by atoms with Crippen molar-refractivity contribution < 1.29 is 0 Å². The molecule has 0 N–H and O–H groups in total. The molecule has 2 aromatic rings. The third-order valence-corrected chi connectivity index (χ3v) is 4.58. The van der Waals surface area contributed by atoms with Crippen LogP contribution >= 0.6 is 0 Å². The summed E-state index contributed by atoms with van der Waals surface area (Å²) in [5, 5.41) is 8.86. The van der Waals surface area contributed by atoms with E-state index in [4.69, 9.17) is 0 Å². The van der Waals surface area contributed by atoms with Gasteiger partial charge in [0.25, 0.3) is 0 Å². The molecule has 0 amide bonds. The number of anilines is 3. The van der Waals surface area contributed by atoms with Crippen LogP contribution in [0.1, 0.15) is 32.2 Å². The van der Waals surface area contributed by atoms with Crippen LogP contribution < -0.4 is 14.7 Å². The maximum atomic E-state index is 4.69. The van der Waals surface area contributed by atoms with Gasteiger partial charge in [-0.05, 0) is 19.1 Å². The van der Waals surface area contributed by atoms with Crippen molar-refractivity contribution in [3.63, 3.8) is 0 Å². The predicted octanol–water partition coefficient (Wildman–Crippen LogP) is 2.27. The highest BCUT2D eigenvalue weighted by Gasteiger charge is 2.22. The average Bonchev–Trinajstić information content (AvgIpc) is 2.61. The Hall–Kier alpha value is -2.44. The third kappa shape index (κ3) is 4.03. The molecule has 0 radical (unpaired) electrons. The minimum atomic E-state index is 0.0270. The SMILES string of the molecule is Cc1cc(N2CCN(c3ccc(C(C)(C)C)nn3)CC2)nc(N(C)C)n1. The quantitative estimate of drug-likeness (QED) is 0.837. The van der Waals surface area contributed by atoms with Gasteiger partial charge in [0.15, 0.2) is 5.82 Å². The van der Waals surface area contributed by atoms with Crippen molar-refractivity contribution in [3.05, 3.63) is 29.6 Å². The van der Waals surface area contributed by atoms with Crippen LogP contribution in [0.2, 0.25) is 0 Å². The molecule has 0 unspecified atom stereocenters. The molecule has 0 saturated carbocycles. The van der Waals surface area contributed by atoms with Crippen molar-refractivity contribution in [2.24, 2.45) is 0 Å². The number of aryl methyl sites for hydroxylation is 1. The van der Waals surface area contributed by atoms with E-state index in [1.807, 2.05) is 25.9 Å². The number of piperazine rings is 1. The standard InChI is InChI=1S/C19H29N7/c1-14-13-17(21-18(20-14)24(5)6)26-11-9-25(10-12-26)16-8-7-15(22-23-16)19(2,3)4/h7-8,13H,9-12H2,1-6H3. The fourth-order valence-corrected chi connectivity index (χ4v) is 2.96. The lowest BCUT2D eigenvalue weighted by Crippen LogP contribution is -2.47. The Morgan fingerprint density at radius 1 is 0.885 bits per heavy atom. The van der Waals surface area contributed by atoms with Gasteiger partial charge in [0.2, 0.25) is 5.95 Å². The fourth-order valence-electron chi connectivity index (χ4n) is 2.96. The van der Waals surface area contributed by atoms with Crippen molar-refractivity contribution in [1.29, 1.82) is 0 Å². The predicted molar refractivity (Wildman–Crippen MR) is 106 cm³/mol.